The van der Waals surface area contributed by atoms with Crippen LogP contribution in [0, 0.1) is 11.7 Å². The van der Waals surface area contributed by atoms with Crippen molar-refractivity contribution >= 4 is 56.5 Å². The molecule has 1 unspecified atom stereocenters. The van der Waals surface area contributed by atoms with Gasteiger partial charge in [0.05, 0.1) is 59.6 Å². The van der Waals surface area contributed by atoms with E-state index in [9.17, 15) is 19.5 Å². The van der Waals surface area contributed by atoms with E-state index in [1.54, 1.807) is 24.5 Å². The molecule has 2 aliphatic heterocycles. The molecule has 4 atom stereocenters. The van der Waals surface area contributed by atoms with Crippen LogP contribution in [-0.2, 0) is 30.2 Å². The summed E-state index contributed by atoms with van der Waals surface area (Å²) in [6.07, 6.45) is 2.71. The highest BCUT2D eigenvalue weighted by Crippen LogP contribution is 2.33. The second kappa shape index (κ2) is 15.2. The number of hydrogen-bond donors (Lipinski definition) is 2. The van der Waals surface area contributed by atoms with Crippen LogP contribution in [0.5, 0.6) is 0 Å². The summed E-state index contributed by atoms with van der Waals surface area (Å²) in [5.74, 6) is -2.39. The van der Waals surface area contributed by atoms with E-state index >= 15 is 4.39 Å². The summed E-state index contributed by atoms with van der Waals surface area (Å²) in [6, 6.07) is 9.92. The van der Waals surface area contributed by atoms with Crippen molar-refractivity contribution in [3.05, 3.63) is 63.7 Å². The zero-order chi connectivity index (χ0) is 33.9. The van der Waals surface area contributed by atoms with Gasteiger partial charge in [0.1, 0.15) is 5.82 Å². The van der Waals surface area contributed by atoms with Crippen LogP contribution < -0.4 is 5.32 Å². The maximum absolute atomic E-state index is 15.5. The topological polar surface area (TPSA) is 118 Å². The minimum Gasteiger partial charge on any atom is -0.481 e. The molecule has 0 bridgehead atoms. The van der Waals surface area contributed by atoms with Crippen molar-refractivity contribution < 1.29 is 38.1 Å². The number of anilines is 1. The average Bonchev–Trinajstić information content (AvgIpc) is 3.83. The third kappa shape index (κ3) is 7.54. The molecule has 10 nitrogen and oxygen atoms in total. The molecule has 13 heteroatoms. The van der Waals surface area contributed by atoms with Crippen molar-refractivity contribution in [2.75, 3.05) is 45.8 Å². The number of aliphatic carboxylic acids is 1. The van der Waals surface area contributed by atoms with E-state index in [0.717, 1.165) is 16.2 Å². The van der Waals surface area contributed by atoms with Gasteiger partial charge in [-0.2, -0.15) is 0 Å². The molecular weight excluding hydrogens is 661 g/mol. The highest BCUT2D eigenvalue weighted by atomic mass is 35.5. The number of amides is 2. The lowest BCUT2D eigenvalue weighted by Crippen LogP contribution is -2.41. The Morgan fingerprint density at radius 3 is 2.44 bits per heavy atom. The Morgan fingerprint density at radius 2 is 1.75 bits per heavy atom. The van der Waals surface area contributed by atoms with E-state index in [1.807, 2.05) is 24.3 Å². The molecule has 1 aromatic heterocycles. The van der Waals surface area contributed by atoms with E-state index in [1.165, 1.54) is 17.4 Å². The first-order valence-electron chi connectivity index (χ1n) is 16.3. The number of likely N-dealkylation sites (tertiary alicyclic amines) is 2. The fourth-order valence-electron chi connectivity index (χ4n) is 7.29. The monoisotopic (exact) mass is 701 g/mol. The Balaban J connectivity index is 1.14. The summed E-state index contributed by atoms with van der Waals surface area (Å²) >= 11 is 7.98. The zero-order valence-corrected chi connectivity index (χ0v) is 28.6. The van der Waals surface area contributed by atoms with E-state index in [2.05, 4.69) is 10.2 Å². The van der Waals surface area contributed by atoms with Crippen LogP contribution in [0.15, 0.2) is 41.8 Å². The van der Waals surface area contributed by atoms with Gasteiger partial charge in [-0.25, -0.2) is 4.39 Å². The van der Waals surface area contributed by atoms with Crippen LogP contribution >= 0.6 is 22.9 Å². The van der Waals surface area contributed by atoms with Gasteiger partial charge < -0.3 is 29.5 Å². The Kier molecular flexibility index (Phi) is 11.0. The number of thiophene rings is 1. The third-order valence-electron chi connectivity index (χ3n) is 10.1. The van der Waals surface area contributed by atoms with Crippen LogP contribution in [0.25, 0.3) is 10.1 Å². The number of ether oxygens (including phenoxy) is 3. The molecule has 0 spiro atoms. The van der Waals surface area contributed by atoms with Gasteiger partial charge in [-0.1, -0.05) is 29.8 Å². The lowest BCUT2D eigenvalue weighted by Gasteiger charge is -2.30. The Labute approximate surface area is 288 Å². The number of halogens is 2. The number of methoxy groups -OCH3 is 2. The van der Waals surface area contributed by atoms with Crippen molar-refractivity contribution in [1.29, 1.82) is 0 Å². The Bertz CT molecular complexity index is 1640. The molecule has 1 saturated carbocycles. The molecule has 2 aromatic carbocycles. The summed E-state index contributed by atoms with van der Waals surface area (Å²) in [6.45, 7) is 2.11. The quantitative estimate of drug-likeness (QED) is 0.271. The molecular formula is C35H41ClFN3O7S. The summed E-state index contributed by atoms with van der Waals surface area (Å²) < 4.78 is 34.0. The smallest absolute Gasteiger partial charge is 0.306 e. The summed E-state index contributed by atoms with van der Waals surface area (Å²) in [4.78, 5) is 42.4. The normalized spacial score (nSPS) is 26.3. The molecule has 3 heterocycles. The molecule has 258 valence electrons. The first kappa shape index (κ1) is 34.7. The van der Waals surface area contributed by atoms with Crippen molar-refractivity contribution in [3.63, 3.8) is 0 Å². The van der Waals surface area contributed by atoms with E-state index in [4.69, 9.17) is 25.8 Å². The maximum Gasteiger partial charge on any atom is 0.306 e. The number of carbonyl (C=O) groups excluding carboxylic acids is 2. The summed E-state index contributed by atoms with van der Waals surface area (Å²) in [7, 11) is 3.34. The number of hydrogen-bond acceptors (Lipinski definition) is 8. The van der Waals surface area contributed by atoms with E-state index < -0.39 is 17.7 Å². The van der Waals surface area contributed by atoms with Crippen LogP contribution in [0.3, 0.4) is 0 Å². The lowest BCUT2D eigenvalue weighted by molar-refractivity contribution is -0.144. The molecule has 2 saturated heterocycles. The van der Waals surface area contributed by atoms with Gasteiger partial charge in [0.15, 0.2) is 0 Å². The number of nitrogens with one attached hydrogen (secondary N) is 1. The largest absolute Gasteiger partial charge is 0.481 e. The van der Waals surface area contributed by atoms with Gasteiger partial charge in [0.25, 0.3) is 5.91 Å². The van der Waals surface area contributed by atoms with Crippen molar-refractivity contribution in [3.8, 4) is 0 Å². The van der Waals surface area contributed by atoms with Crippen molar-refractivity contribution in [1.82, 2.24) is 9.80 Å². The van der Waals surface area contributed by atoms with Gasteiger partial charge >= 0.3 is 5.97 Å². The number of rotatable bonds is 11. The second-order valence-corrected chi connectivity index (χ2v) is 14.3. The number of carbonyl (C=O) groups is 3. The number of nitrogens with zero attached hydrogens (tertiary/aromatic N) is 2. The van der Waals surface area contributed by atoms with Gasteiger partial charge in [-0.3, -0.25) is 19.3 Å². The number of fused-ring (bicyclic) bond motifs is 1. The summed E-state index contributed by atoms with van der Waals surface area (Å²) in [5.41, 5.74) is 0.745. The van der Waals surface area contributed by atoms with Gasteiger partial charge in [-0.15, -0.1) is 11.3 Å². The third-order valence-corrected chi connectivity index (χ3v) is 11.4. The molecule has 0 radical (unpaired) electrons. The van der Waals surface area contributed by atoms with Gasteiger partial charge in [0.2, 0.25) is 5.91 Å². The number of carboxylic acids is 1. The highest BCUT2D eigenvalue weighted by molar-refractivity contribution is 7.17. The Morgan fingerprint density at radius 1 is 1.04 bits per heavy atom. The molecule has 3 aromatic rings. The predicted molar refractivity (Wildman–Crippen MR) is 181 cm³/mol. The van der Waals surface area contributed by atoms with Gasteiger partial charge in [-0.05, 0) is 55.9 Å². The predicted octanol–water partition coefficient (Wildman–Crippen LogP) is 5.46. The van der Waals surface area contributed by atoms with E-state index in [0.29, 0.717) is 63.9 Å². The molecule has 1 aliphatic carbocycles. The van der Waals surface area contributed by atoms with Crippen molar-refractivity contribution in [2.24, 2.45) is 5.92 Å². The second-order valence-electron chi connectivity index (χ2n) is 12.9. The first-order valence-corrected chi connectivity index (χ1v) is 17.6. The minimum atomic E-state index is -0.767. The minimum absolute atomic E-state index is 0.0438. The van der Waals surface area contributed by atoms with Crippen LogP contribution in [-0.4, -0.2) is 104 Å². The fraction of sp³-hybridized carbons (Fsp3) is 0.514. The van der Waals surface area contributed by atoms with Crippen LogP contribution in [0.1, 0.15) is 48.0 Å². The molecule has 3 fully saturated rings. The standard InChI is InChI=1S/C35H41ClFN3O7S/c1-45-30-16-39(17-31(30)46-2)22-13-23(18-47-24-9-7-20(8-10-24)35(43)44)40(15-22)33(41)12-21-11-27(36)29(14-28(21)37)38-34(42)26-19-48-32-6-4-3-5-25(26)32/h3-6,11,14,19-20,22-24,30-31H,7-10,12-13,15-18H2,1-2H3,(H,38,42)(H,43,44)/t20?,22-,23-,24?,30-,31?/m0/s1. The molecule has 6 rings (SSSR count). The zero-order valence-electron chi connectivity index (χ0n) is 27.0. The lowest BCUT2D eigenvalue weighted by atomic mass is 9.87. The molecule has 48 heavy (non-hydrogen) atoms. The molecule has 3 aliphatic rings. The molecule has 2 amide bonds. The maximum atomic E-state index is 15.5. The number of benzene rings is 2. The molecule has 2 N–H and O–H groups in total. The number of carboxylic acid groups (broad SMARTS) is 1. The van der Waals surface area contributed by atoms with Gasteiger partial charge in [0, 0.05) is 55.4 Å². The fourth-order valence-corrected chi connectivity index (χ4v) is 8.47. The summed E-state index contributed by atoms with van der Waals surface area (Å²) in [5, 5.41) is 14.8. The van der Waals surface area contributed by atoms with Crippen LogP contribution in [0.4, 0.5) is 10.1 Å². The Hall–Kier alpha value is -3.13. The van der Waals surface area contributed by atoms with Crippen molar-refractivity contribution in [2.45, 2.75) is 68.9 Å². The first-order chi connectivity index (χ1) is 23.1. The highest BCUT2D eigenvalue weighted by Gasteiger charge is 2.43. The van der Waals surface area contributed by atoms with Crippen LogP contribution in [0.2, 0.25) is 5.02 Å². The SMILES string of the molecule is COC1CN([C@H]2C[C@@H](COC3CCC(C(=O)O)CC3)N(C(=O)Cc3cc(Cl)c(NC(=O)c4csc5ccccc45)cc3F)C2)C[C@@H]1OC. The average molecular weight is 702 g/mol. The van der Waals surface area contributed by atoms with E-state index in [-0.39, 0.29) is 64.9 Å².